The molecule has 0 bridgehead atoms. The Labute approximate surface area is 408 Å². The number of rotatable bonds is 27. The van der Waals surface area contributed by atoms with Gasteiger partial charge in [-0.25, -0.2) is 21.6 Å². The molecule has 2 heterocycles. The number of unbranched alkanes of at least 4 members (excludes halogenated alkanes) is 1. The molecule has 6 rings (SSSR count). The molecule has 0 spiro atoms. The van der Waals surface area contributed by atoms with Crippen molar-refractivity contribution in [3.8, 4) is 0 Å². The van der Waals surface area contributed by atoms with E-state index in [4.69, 9.17) is 4.74 Å². The molecule has 0 saturated carbocycles. The van der Waals surface area contributed by atoms with Gasteiger partial charge in [0.2, 0.25) is 20.0 Å². The van der Waals surface area contributed by atoms with Crippen LogP contribution >= 0.6 is 0 Å². The highest BCUT2D eigenvalue weighted by molar-refractivity contribution is 7.92. The summed E-state index contributed by atoms with van der Waals surface area (Å²) in [5, 5.41) is 5.79. The minimum Gasteiger partial charge on any atom is -0.439 e. The normalized spacial score (nSPS) is 12.5. The van der Waals surface area contributed by atoms with Crippen LogP contribution in [0, 0.1) is 0 Å². The molecule has 1 unspecified atom stereocenters. The van der Waals surface area contributed by atoms with E-state index in [2.05, 4.69) is 112 Å². The number of nitrogens with zero attached hydrogens (tertiary/aromatic N) is 3. The Bertz CT molecular complexity index is 2840. The third-order valence-corrected chi connectivity index (χ3v) is 13.3. The van der Waals surface area contributed by atoms with Crippen molar-refractivity contribution in [2.75, 3.05) is 82.9 Å². The van der Waals surface area contributed by atoms with Crippen molar-refractivity contribution in [2.45, 2.75) is 70.4 Å². The Balaban J connectivity index is 1.14. The van der Waals surface area contributed by atoms with Crippen LogP contribution in [0.5, 0.6) is 0 Å². The molecule has 17 heteroatoms. The number of amides is 1. The first kappa shape index (κ1) is 52.6. The Morgan fingerprint density at radius 3 is 1.54 bits per heavy atom. The zero-order valence-corrected chi connectivity index (χ0v) is 42.6. The molecule has 0 aliphatic rings. The number of anilines is 2. The van der Waals surface area contributed by atoms with E-state index in [9.17, 15) is 26.4 Å². The molecule has 5 N–H and O–H groups in total. The molecule has 372 valence electrons. The maximum absolute atomic E-state index is 14.2. The number of aromatic amines is 2. The van der Waals surface area contributed by atoms with Crippen LogP contribution in [0.15, 0.2) is 97.3 Å². The van der Waals surface area contributed by atoms with Crippen molar-refractivity contribution < 1.29 is 31.2 Å². The SMILES string of the molecule is CN(C)CCc1c[nH]c2ccc(CCNC(CCCc3ccc(NS(C)(=O)=O)cc3)OC(=O)C(=O)N(CCCCc3ccc(NS(C)(=O)=O)cc3)CCc3ccc4[nH]cc(CCN(C)C)c4c3)cc12. The predicted molar refractivity (Wildman–Crippen MR) is 279 cm³/mol. The van der Waals surface area contributed by atoms with E-state index in [0.29, 0.717) is 76.0 Å². The molecule has 69 heavy (non-hydrogen) atoms. The molecule has 0 radical (unpaired) electrons. The van der Waals surface area contributed by atoms with Crippen LogP contribution in [-0.4, -0.2) is 133 Å². The molecule has 15 nitrogen and oxygen atoms in total. The lowest BCUT2D eigenvalue weighted by molar-refractivity contribution is -0.165. The second-order valence-electron chi connectivity index (χ2n) is 18.6. The highest BCUT2D eigenvalue weighted by atomic mass is 32.2. The molecule has 0 aliphatic heterocycles. The number of aryl methyl sites for hydroxylation is 2. The summed E-state index contributed by atoms with van der Waals surface area (Å²) in [5.74, 6) is -1.60. The Morgan fingerprint density at radius 2 is 1.04 bits per heavy atom. The number of carbonyl (C=O) groups is 2. The molecular formula is C52H70N8O7S2. The first-order valence-electron chi connectivity index (χ1n) is 23.7. The van der Waals surface area contributed by atoms with Gasteiger partial charge in [-0.1, -0.05) is 36.4 Å². The zero-order valence-electron chi connectivity index (χ0n) is 40.9. The predicted octanol–water partition coefficient (Wildman–Crippen LogP) is 6.72. The summed E-state index contributed by atoms with van der Waals surface area (Å²) in [6, 6.07) is 27.2. The number of aromatic nitrogens is 2. The van der Waals surface area contributed by atoms with E-state index in [1.54, 1.807) is 29.2 Å². The summed E-state index contributed by atoms with van der Waals surface area (Å²) >= 11 is 0. The fraction of sp³-hybridized carbons (Fsp3) is 0.423. The van der Waals surface area contributed by atoms with E-state index in [0.717, 1.165) is 83.5 Å². The van der Waals surface area contributed by atoms with Gasteiger partial charge in [0.05, 0.1) is 12.5 Å². The maximum atomic E-state index is 14.2. The summed E-state index contributed by atoms with van der Waals surface area (Å²) < 4.78 is 57.9. The standard InChI is InChI=1S/C52H70N8O7S2/c1-58(2)31-27-42-36-54-48-23-17-40(34-46(42)48)25-29-53-50(12-9-11-39-15-21-45(22-16-39)57-69(6,65)66)67-52(62)51(61)60(30-8-7-10-38-13-19-44(20-14-38)56-68(5,63)64)33-26-41-18-24-49-47(35-41)43(37-55-49)28-32-59(3)4/h13-24,34-37,50,53-57H,7-12,25-33H2,1-6H3. The largest absolute Gasteiger partial charge is 0.439 e. The first-order valence-corrected chi connectivity index (χ1v) is 27.5. The summed E-state index contributed by atoms with van der Waals surface area (Å²) in [6.07, 6.45) is 12.5. The fourth-order valence-electron chi connectivity index (χ4n) is 8.36. The number of sulfonamides is 2. The maximum Gasteiger partial charge on any atom is 0.398 e. The Morgan fingerprint density at radius 1 is 0.565 bits per heavy atom. The topological polar surface area (TPSA) is 189 Å². The number of likely N-dealkylation sites (N-methyl/N-ethyl adjacent to an activating group) is 2. The van der Waals surface area contributed by atoms with E-state index in [-0.39, 0.29) is 0 Å². The van der Waals surface area contributed by atoms with Crippen LogP contribution in [0.1, 0.15) is 59.1 Å². The summed E-state index contributed by atoms with van der Waals surface area (Å²) in [7, 11) is 1.46. The van der Waals surface area contributed by atoms with Gasteiger partial charge in [-0.15, -0.1) is 0 Å². The number of nitrogens with one attached hydrogen (secondary N) is 5. The van der Waals surface area contributed by atoms with E-state index in [1.165, 1.54) is 16.5 Å². The average Bonchev–Trinajstić information content (AvgIpc) is 3.90. The van der Waals surface area contributed by atoms with Gasteiger partial charge in [-0.3, -0.25) is 19.6 Å². The molecule has 2 aromatic heterocycles. The van der Waals surface area contributed by atoms with Gasteiger partial charge in [-0.05, 0) is 174 Å². The lowest BCUT2D eigenvalue weighted by Gasteiger charge is -2.24. The third kappa shape index (κ3) is 17.3. The summed E-state index contributed by atoms with van der Waals surface area (Å²) in [6.45, 7) is 3.03. The van der Waals surface area contributed by atoms with Crippen LogP contribution in [-0.2, 0) is 72.9 Å². The first-order chi connectivity index (χ1) is 32.9. The fourth-order valence-corrected chi connectivity index (χ4v) is 9.49. The van der Waals surface area contributed by atoms with Crippen molar-refractivity contribution in [3.05, 3.63) is 131 Å². The number of carbonyl (C=O) groups excluding carboxylic acids is 2. The lowest BCUT2D eigenvalue weighted by Crippen LogP contribution is -2.43. The molecule has 0 fully saturated rings. The van der Waals surface area contributed by atoms with E-state index >= 15 is 0 Å². The Kier molecular flexibility index (Phi) is 18.9. The van der Waals surface area contributed by atoms with Crippen molar-refractivity contribution in [2.24, 2.45) is 0 Å². The van der Waals surface area contributed by atoms with Gasteiger partial charge in [0, 0.05) is 78.3 Å². The number of hydrogen-bond acceptors (Lipinski definition) is 10. The third-order valence-electron chi connectivity index (χ3n) is 12.1. The highest BCUT2D eigenvalue weighted by Crippen LogP contribution is 2.23. The van der Waals surface area contributed by atoms with Gasteiger partial charge < -0.3 is 29.4 Å². The molecule has 1 atom stereocenters. The second kappa shape index (κ2) is 24.7. The van der Waals surface area contributed by atoms with E-state index < -0.39 is 38.2 Å². The molecule has 6 aromatic rings. The van der Waals surface area contributed by atoms with Crippen molar-refractivity contribution in [1.29, 1.82) is 0 Å². The van der Waals surface area contributed by atoms with Crippen molar-refractivity contribution >= 4 is 65.1 Å². The minimum atomic E-state index is -3.40. The monoisotopic (exact) mass is 982 g/mol. The van der Waals surface area contributed by atoms with Crippen LogP contribution < -0.4 is 14.8 Å². The average molecular weight is 983 g/mol. The number of hydrogen-bond donors (Lipinski definition) is 5. The second-order valence-corrected chi connectivity index (χ2v) is 22.1. The number of ether oxygens (including phenoxy) is 1. The van der Waals surface area contributed by atoms with Gasteiger partial charge in [-0.2, -0.15) is 0 Å². The van der Waals surface area contributed by atoms with Crippen LogP contribution in [0.4, 0.5) is 11.4 Å². The van der Waals surface area contributed by atoms with Crippen molar-refractivity contribution in [1.82, 2.24) is 30.0 Å². The highest BCUT2D eigenvalue weighted by Gasteiger charge is 2.26. The molecule has 0 saturated heterocycles. The van der Waals surface area contributed by atoms with Gasteiger partial charge in [0.25, 0.3) is 0 Å². The van der Waals surface area contributed by atoms with Gasteiger partial charge in [0.1, 0.15) is 0 Å². The number of benzene rings is 4. The van der Waals surface area contributed by atoms with Crippen LogP contribution in [0.25, 0.3) is 21.8 Å². The van der Waals surface area contributed by atoms with Gasteiger partial charge in [0.15, 0.2) is 6.23 Å². The smallest absolute Gasteiger partial charge is 0.398 e. The number of H-pyrrole nitrogens is 2. The quantitative estimate of drug-likeness (QED) is 0.0161. The number of esters is 1. The minimum absolute atomic E-state index is 0.323. The van der Waals surface area contributed by atoms with Crippen LogP contribution in [0.3, 0.4) is 0 Å². The van der Waals surface area contributed by atoms with Crippen LogP contribution in [0.2, 0.25) is 0 Å². The molecule has 1 amide bonds. The Hall–Kier alpha value is -5.72. The van der Waals surface area contributed by atoms with E-state index in [1.807, 2.05) is 24.3 Å². The van der Waals surface area contributed by atoms with Crippen molar-refractivity contribution in [3.63, 3.8) is 0 Å². The molecule has 4 aromatic carbocycles. The van der Waals surface area contributed by atoms with Gasteiger partial charge >= 0.3 is 11.9 Å². The lowest BCUT2D eigenvalue weighted by atomic mass is 10.0. The summed E-state index contributed by atoms with van der Waals surface area (Å²) in [5.41, 5.74) is 9.83. The zero-order chi connectivity index (χ0) is 49.6. The molecular weight excluding hydrogens is 913 g/mol. The number of fused-ring (bicyclic) bond motifs is 2. The molecule has 0 aliphatic carbocycles. The summed E-state index contributed by atoms with van der Waals surface area (Å²) in [4.78, 5) is 41.0.